The Kier molecular flexibility index (Phi) is 3.30. The Morgan fingerprint density at radius 1 is 1.08 bits per heavy atom. The Morgan fingerprint density at radius 2 is 1.92 bits per heavy atom. The molecule has 1 unspecified atom stereocenters. The molecule has 1 atom stereocenters. The molecule has 0 spiro atoms. The predicted molar refractivity (Wildman–Crippen MR) is 104 cm³/mol. The van der Waals surface area contributed by atoms with E-state index >= 15 is 0 Å². The number of hydrogen-bond donors (Lipinski definition) is 0. The summed E-state index contributed by atoms with van der Waals surface area (Å²) in [7, 11) is 0. The first-order valence-electron chi connectivity index (χ1n) is 9.39. The molecule has 0 aliphatic heterocycles. The van der Waals surface area contributed by atoms with Gasteiger partial charge in [-0.25, -0.2) is 4.98 Å². The van der Waals surface area contributed by atoms with Gasteiger partial charge in [0, 0.05) is 11.1 Å². The maximum absolute atomic E-state index is 6.27. The third-order valence-corrected chi connectivity index (χ3v) is 5.87. The van der Waals surface area contributed by atoms with Crippen molar-refractivity contribution in [1.29, 1.82) is 0 Å². The number of para-hydroxylation sites is 1. The Morgan fingerprint density at radius 3 is 2.69 bits per heavy atom. The lowest BCUT2D eigenvalue weighted by Gasteiger charge is -2.35. The Hall–Kier alpha value is -2.55. The van der Waals surface area contributed by atoms with Crippen LogP contribution in [0.2, 0.25) is 0 Å². The average Bonchev–Trinajstić information content (AvgIpc) is 3.26. The summed E-state index contributed by atoms with van der Waals surface area (Å²) in [6.07, 6.45) is 4.96. The maximum Gasteiger partial charge on any atom is 0.165 e. The van der Waals surface area contributed by atoms with Crippen molar-refractivity contribution in [3.8, 4) is 11.3 Å². The van der Waals surface area contributed by atoms with Crippen LogP contribution in [0.1, 0.15) is 38.4 Å². The van der Waals surface area contributed by atoms with Gasteiger partial charge >= 0.3 is 0 Å². The molecule has 0 fully saturated rings. The van der Waals surface area contributed by atoms with E-state index in [1.165, 1.54) is 17.7 Å². The Bertz CT molecular complexity index is 1100. The van der Waals surface area contributed by atoms with Crippen LogP contribution in [0.25, 0.3) is 33.4 Å². The van der Waals surface area contributed by atoms with Crippen molar-refractivity contribution in [2.75, 3.05) is 0 Å². The summed E-state index contributed by atoms with van der Waals surface area (Å²) in [6.45, 7) is 7.01. The third-order valence-electron chi connectivity index (χ3n) is 5.87. The van der Waals surface area contributed by atoms with Crippen LogP contribution in [-0.2, 0) is 12.8 Å². The van der Waals surface area contributed by atoms with Gasteiger partial charge in [0.2, 0.25) is 0 Å². The number of benzene rings is 1. The fourth-order valence-electron chi connectivity index (χ4n) is 4.30. The zero-order valence-electron chi connectivity index (χ0n) is 15.5. The van der Waals surface area contributed by atoms with Crippen molar-refractivity contribution in [2.45, 2.75) is 40.0 Å². The molecular weight excluding hydrogens is 322 g/mol. The number of pyridine rings is 1. The van der Waals surface area contributed by atoms with Crippen LogP contribution in [0.4, 0.5) is 0 Å². The van der Waals surface area contributed by atoms with Gasteiger partial charge in [-0.2, -0.15) is 0 Å². The molecule has 3 aromatic heterocycles. The number of hydrogen-bond acceptors (Lipinski definition) is 3. The topological polar surface area (TPSA) is 39.2 Å². The molecule has 4 aromatic rings. The van der Waals surface area contributed by atoms with Crippen molar-refractivity contribution in [3.05, 3.63) is 53.9 Å². The van der Waals surface area contributed by atoms with E-state index in [2.05, 4.69) is 26.8 Å². The molecule has 1 aromatic carbocycles. The predicted octanol–water partition coefficient (Wildman–Crippen LogP) is 6.39. The van der Waals surface area contributed by atoms with E-state index < -0.39 is 0 Å². The van der Waals surface area contributed by atoms with Gasteiger partial charge in [-0.05, 0) is 60.4 Å². The maximum atomic E-state index is 6.27. The van der Waals surface area contributed by atoms with Crippen molar-refractivity contribution in [3.63, 3.8) is 0 Å². The first-order chi connectivity index (χ1) is 12.5. The largest absolute Gasteiger partial charge is 0.464 e. The smallest absolute Gasteiger partial charge is 0.165 e. The minimum absolute atomic E-state index is 0.279. The van der Waals surface area contributed by atoms with Crippen molar-refractivity contribution in [1.82, 2.24) is 4.98 Å². The number of nitrogens with zero attached hydrogens (tertiary/aromatic N) is 1. The molecule has 0 N–H and O–H groups in total. The third kappa shape index (κ3) is 2.30. The van der Waals surface area contributed by atoms with E-state index in [1.807, 2.05) is 30.3 Å². The van der Waals surface area contributed by atoms with Crippen molar-refractivity contribution < 1.29 is 8.83 Å². The SMILES string of the molecule is CC(C)(C)C1CCc2nc3c(oc4ccccc43)c(-c3ccco3)c2C1. The second kappa shape index (κ2) is 5.47. The molecule has 0 radical (unpaired) electrons. The highest BCUT2D eigenvalue weighted by Gasteiger charge is 2.33. The number of furan rings is 2. The normalized spacial score (nSPS) is 17.7. The number of aryl methyl sites for hydroxylation is 1. The molecule has 0 amide bonds. The summed E-state index contributed by atoms with van der Waals surface area (Å²) in [5.41, 5.74) is 6.58. The van der Waals surface area contributed by atoms with Gasteiger partial charge < -0.3 is 8.83 Å². The Labute approximate surface area is 153 Å². The van der Waals surface area contributed by atoms with Gasteiger partial charge in [-0.1, -0.05) is 32.9 Å². The summed E-state index contributed by atoms with van der Waals surface area (Å²) in [6, 6.07) is 12.1. The average molecular weight is 345 g/mol. The number of fused-ring (bicyclic) bond motifs is 4. The lowest BCUT2D eigenvalue weighted by Crippen LogP contribution is -2.27. The van der Waals surface area contributed by atoms with Crippen LogP contribution in [-0.4, -0.2) is 4.98 Å². The molecule has 132 valence electrons. The standard InChI is InChI=1S/C23H23NO2/c1-23(2,3)14-10-11-17-16(13-14)20(19-9-6-12-25-19)22-21(24-17)15-7-4-5-8-18(15)26-22/h4-9,12,14H,10-11,13H2,1-3H3. The highest BCUT2D eigenvalue weighted by Crippen LogP contribution is 2.44. The van der Waals surface area contributed by atoms with Gasteiger partial charge in [0.1, 0.15) is 16.9 Å². The molecule has 26 heavy (non-hydrogen) atoms. The van der Waals surface area contributed by atoms with Crippen LogP contribution >= 0.6 is 0 Å². The fraction of sp³-hybridized carbons (Fsp3) is 0.348. The second-order valence-electron chi connectivity index (χ2n) is 8.47. The summed E-state index contributed by atoms with van der Waals surface area (Å²) in [4.78, 5) is 5.06. The number of aromatic nitrogens is 1. The molecule has 0 bridgehead atoms. The van der Waals surface area contributed by atoms with E-state index in [4.69, 9.17) is 13.8 Å². The molecule has 3 heteroatoms. The quantitative estimate of drug-likeness (QED) is 0.401. The van der Waals surface area contributed by atoms with Gasteiger partial charge in [-0.3, -0.25) is 0 Å². The van der Waals surface area contributed by atoms with Crippen LogP contribution in [0.15, 0.2) is 51.5 Å². The molecule has 0 saturated carbocycles. The van der Waals surface area contributed by atoms with Crippen LogP contribution in [0.5, 0.6) is 0 Å². The van der Waals surface area contributed by atoms with E-state index in [0.717, 1.165) is 46.2 Å². The molecule has 1 aliphatic carbocycles. The van der Waals surface area contributed by atoms with Crippen LogP contribution in [0.3, 0.4) is 0 Å². The van der Waals surface area contributed by atoms with E-state index in [1.54, 1.807) is 6.26 Å². The van der Waals surface area contributed by atoms with Gasteiger partial charge in [0.25, 0.3) is 0 Å². The van der Waals surface area contributed by atoms with Gasteiger partial charge in [-0.15, -0.1) is 0 Å². The second-order valence-corrected chi connectivity index (χ2v) is 8.47. The summed E-state index contributed by atoms with van der Waals surface area (Å²) in [5.74, 6) is 1.51. The van der Waals surface area contributed by atoms with Gasteiger partial charge in [0.15, 0.2) is 5.58 Å². The zero-order chi connectivity index (χ0) is 17.9. The van der Waals surface area contributed by atoms with Crippen molar-refractivity contribution in [2.24, 2.45) is 11.3 Å². The fourth-order valence-corrected chi connectivity index (χ4v) is 4.30. The van der Waals surface area contributed by atoms with E-state index in [-0.39, 0.29) is 5.41 Å². The van der Waals surface area contributed by atoms with E-state index in [9.17, 15) is 0 Å². The van der Waals surface area contributed by atoms with Crippen molar-refractivity contribution >= 4 is 22.1 Å². The summed E-state index contributed by atoms with van der Waals surface area (Å²) < 4.78 is 12.1. The highest BCUT2D eigenvalue weighted by atomic mass is 16.3. The minimum Gasteiger partial charge on any atom is -0.464 e. The highest BCUT2D eigenvalue weighted by molar-refractivity contribution is 6.07. The lowest BCUT2D eigenvalue weighted by molar-refractivity contribution is 0.215. The number of rotatable bonds is 1. The summed E-state index contributed by atoms with van der Waals surface area (Å²) >= 11 is 0. The minimum atomic E-state index is 0.279. The van der Waals surface area contributed by atoms with E-state index in [0.29, 0.717) is 5.92 Å². The molecule has 1 aliphatic rings. The molecule has 0 saturated heterocycles. The zero-order valence-corrected chi connectivity index (χ0v) is 15.5. The van der Waals surface area contributed by atoms with Gasteiger partial charge in [0.05, 0.1) is 11.8 Å². The summed E-state index contributed by atoms with van der Waals surface area (Å²) in [5, 5.41) is 1.08. The molecule has 5 rings (SSSR count). The molecule has 3 nitrogen and oxygen atoms in total. The first kappa shape index (κ1) is 15.7. The Balaban J connectivity index is 1.84. The molecule has 3 heterocycles. The monoisotopic (exact) mass is 345 g/mol. The van der Waals surface area contributed by atoms with Crippen LogP contribution < -0.4 is 0 Å². The van der Waals surface area contributed by atoms with Crippen LogP contribution in [0, 0.1) is 11.3 Å². The lowest BCUT2D eigenvalue weighted by atomic mass is 9.70. The molecular formula is C23H23NO2. The first-order valence-corrected chi connectivity index (χ1v) is 9.39.